The number of tetrazole rings is 1. The summed E-state index contributed by atoms with van der Waals surface area (Å²) in [5.41, 5.74) is 0. The van der Waals surface area contributed by atoms with Crippen LogP contribution >= 0.6 is 11.8 Å². The van der Waals surface area contributed by atoms with E-state index in [9.17, 15) is 4.79 Å². The van der Waals surface area contributed by atoms with Gasteiger partial charge in [0.05, 0.1) is 13.2 Å². The molecule has 0 spiro atoms. The van der Waals surface area contributed by atoms with Crippen molar-refractivity contribution in [2.75, 3.05) is 52.2 Å². The minimum Gasteiger partial charge on any atom is -0.383 e. The second kappa shape index (κ2) is 8.80. The summed E-state index contributed by atoms with van der Waals surface area (Å²) in [6, 6.07) is 0.0116. The average Bonchev–Trinajstić information content (AvgIpc) is 3.09. The SMILES string of the molecule is COCCNCCn1nnnc1SCCN1CCNC1=O. The lowest BCUT2D eigenvalue weighted by Crippen LogP contribution is -2.30. The number of hydrogen-bond donors (Lipinski definition) is 2. The molecule has 2 amide bonds. The van der Waals surface area contributed by atoms with Gasteiger partial charge >= 0.3 is 6.03 Å². The largest absolute Gasteiger partial charge is 0.383 e. The molecule has 0 atom stereocenters. The Morgan fingerprint density at radius 2 is 2.33 bits per heavy atom. The Morgan fingerprint density at radius 3 is 3.10 bits per heavy atom. The van der Waals surface area contributed by atoms with Crippen molar-refractivity contribution >= 4 is 17.8 Å². The highest BCUT2D eigenvalue weighted by atomic mass is 32.2. The maximum atomic E-state index is 11.4. The molecule has 1 aromatic heterocycles. The monoisotopic (exact) mass is 315 g/mol. The first kappa shape index (κ1) is 16.0. The number of nitrogens with zero attached hydrogens (tertiary/aromatic N) is 5. The van der Waals surface area contributed by atoms with E-state index < -0.39 is 0 Å². The van der Waals surface area contributed by atoms with Crippen LogP contribution in [-0.4, -0.2) is 83.3 Å². The fourth-order valence-corrected chi connectivity index (χ4v) is 2.76. The van der Waals surface area contributed by atoms with E-state index in [1.165, 1.54) is 0 Å². The molecule has 0 bridgehead atoms. The molecule has 1 aliphatic heterocycles. The van der Waals surface area contributed by atoms with E-state index in [-0.39, 0.29) is 6.03 Å². The van der Waals surface area contributed by atoms with Crippen molar-refractivity contribution in [1.82, 2.24) is 35.7 Å². The van der Waals surface area contributed by atoms with Gasteiger partial charge in [-0.2, -0.15) is 0 Å². The Morgan fingerprint density at radius 1 is 1.43 bits per heavy atom. The number of carbonyl (C=O) groups is 1. The second-order valence-electron chi connectivity index (χ2n) is 4.49. The molecule has 0 saturated carbocycles. The van der Waals surface area contributed by atoms with Crippen LogP contribution in [0.15, 0.2) is 5.16 Å². The normalized spacial score (nSPS) is 14.7. The summed E-state index contributed by atoms with van der Waals surface area (Å²) < 4.78 is 6.73. The molecule has 118 valence electrons. The van der Waals surface area contributed by atoms with Gasteiger partial charge in [0.1, 0.15) is 0 Å². The third-order valence-electron chi connectivity index (χ3n) is 3.02. The van der Waals surface area contributed by atoms with Crippen LogP contribution in [0.1, 0.15) is 0 Å². The van der Waals surface area contributed by atoms with Crippen LogP contribution in [0, 0.1) is 0 Å². The van der Waals surface area contributed by atoms with Gasteiger partial charge in [-0.05, 0) is 10.4 Å². The van der Waals surface area contributed by atoms with Crippen molar-refractivity contribution in [3.05, 3.63) is 0 Å². The van der Waals surface area contributed by atoms with Crippen molar-refractivity contribution in [2.45, 2.75) is 11.7 Å². The predicted octanol–water partition coefficient (Wildman–Crippen LogP) is -0.974. The minimum absolute atomic E-state index is 0.0116. The topological polar surface area (TPSA) is 97.2 Å². The molecule has 21 heavy (non-hydrogen) atoms. The molecule has 0 aliphatic carbocycles. The van der Waals surface area contributed by atoms with Gasteiger partial charge in [-0.1, -0.05) is 11.8 Å². The Hall–Kier alpha value is -1.39. The third kappa shape index (κ3) is 5.14. The van der Waals surface area contributed by atoms with E-state index in [2.05, 4.69) is 26.2 Å². The van der Waals surface area contributed by atoms with Crippen molar-refractivity contribution < 1.29 is 9.53 Å². The third-order valence-corrected chi connectivity index (χ3v) is 3.96. The fraction of sp³-hybridized carbons (Fsp3) is 0.818. The summed E-state index contributed by atoms with van der Waals surface area (Å²) >= 11 is 1.56. The van der Waals surface area contributed by atoms with Crippen LogP contribution in [0.3, 0.4) is 0 Å². The number of thioether (sulfide) groups is 1. The van der Waals surface area contributed by atoms with E-state index in [1.807, 2.05) is 0 Å². The molecule has 1 aromatic rings. The molecular weight excluding hydrogens is 294 g/mol. The van der Waals surface area contributed by atoms with E-state index in [0.29, 0.717) is 19.7 Å². The van der Waals surface area contributed by atoms with Crippen LogP contribution in [0.2, 0.25) is 0 Å². The smallest absolute Gasteiger partial charge is 0.317 e. The number of aromatic nitrogens is 4. The predicted molar refractivity (Wildman–Crippen MR) is 78.3 cm³/mol. The Bertz CT molecular complexity index is 442. The average molecular weight is 315 g/mol. The molecule has 2 N–H and O–H groups in total. The van der Waals surface area contributed by atoms with E-state index >= 15 is 0 Å². The van der Waals surface area contributed by atoms with Gasteiger partial charge < -0.3 is 20.3 Å². The number of methoxy groups -OCH3 is 1. The first-order chi connectivity index (χ1) is 10.3. The number of hydrogen-bond acceptors (Lipinski definition) is 7. The minimum atomic E-state index is 0.0116. The Kier molecular flexibility index (Phi) is 6.70. The summed E-state index contributed by atoms with van der Waals surface area (Å²) in [4.78, 5) is 13.2. The van der Waals surface area contributed by atoms with Crippen molar-refractivity contribution in [3.8, 4) is 0 Å². The molecule has 2 heterocycles. The first-order valence-corrected chi connectivity index (χ1v) is 7.91. The Labute approximate surface area is 127 Å². The fourth-order valence-electron chi connectivity index (χ4n) is 1.90. The van der Waals surface area contributed by atoms with Gasteiger partial charge in [0.2, 0.25) is 5.16 Å². The molecular formula is C11H21N7O2S. The van der Waals surface area contributed by atoms with Crippen LogP contribution < -0.4 is 10.6 Å². The number of carbonyl (C=O) groups excluding carboxylic acids is 1. The molecule has 2 rings (SSSR count). The van der Waals surface area contributed by atoms with Gasteiger partial charge in [0, 0.05) is 45.6 Å². The maximum Gasteiger partial charge on any atom is 0.317 e. The van der Waals surface area contributed by atoms with Crippen molar-refractivity contribution in [1.29, 1.82) is 0 Å². The van der Waals surface area contributed by atoms with Crippen LogP contribution in [-0.2, 0) is 11.3 Å². The molecule has 0 radical (unpaired) electrons. The standard InChI is InChI=1S/C11H21N7O2S/c1-20-8-4-12-2-6-18-11(14-15-16-18)21-9-7-17-5-3-13-10(17)19/h12H,2-9H2,1H3,(H,13,19). The number of urea groups is 1. The molecule has 10 heteroatoms. The van der Waals surface area contributed by atoms with E-state index in [4.69, 9.17) is 4.74 Å². The molecule has 1 aliphatic rings. The summed E-state index contributed by atoms with van der Waals surface area (Å²) in [5, 5.41) is 18.5. The zero-order valence-corrected chi connectivity index (χ0v) is 12.9. The van der Waals surface area contributed by atoms with Gasteiger partial charge in [0.15, 0.2) is 0 Å². The maximum absolute atomic E-state index is 11.4. The lowest BCUT2D eigenvalue weighted by atomic mass is 10.6. The summed E-state index contributed by atoms with van der Waals surface area (Å²) in [5.74, 6) is 0.783. The number of amides is 2. The molecule has 1 saturated heterocycles. The highest BCUT2D eigenvalue weighted by Gasteiger charge is 2.19. The molecule has 0 aromatic carbocycles. The summed E-state index contributed by atoms with van der Waals surface area (Å²) in [6.45, 7) is 5.21. The summed E-state index contributed by atoms with van der Waals surface area (Å²) in [7, 11) is 1.68. The van der Waals surface area contributed by atoms with Crippen molar-refractivity contribution in [3.63, 3.8) is 0 Å². The highest BCUT2D eigenvalue weighted by molar-refractivity contribution is 7.99. The number of rotatable bonds is 10. The number of ether oxygens (including phenoxy) is 1. The second-order valence-corrected chi connectivity index (χ2v) is 5.56. The first-order valence-electron chi connectivity index (χ1n) is 6.92. The van der Waals surface area contributed by atoms with Gasteiger partial charge in [-0.15, -0.1) is 5.10 Å². The zero-order chi connectivity index (χ0) is 14.9. The zero-order valence-electron chi connectivity index (χ0n) is 12.1. The quantitative estimate of drug-likeness (QED) is 0.423. The highest BCUT2D eigenvalue weighted by Crippen LogP contribution is 2.13. The molecule has 0 unspecified atom stereocenters. The van der Waals surface area contributed by atoms with E-state index in [0.717, 1.165) is 37.1 Å². The van der Waals surface area contributed by atoms with Gasteiger partial charge in [-0.3, -0.25) is 0 Å². The lowest BCUT2D eigenvalue weighted by molar-refractivity contribution is 0.199. The van der Waals surface area contributed by atoms with Crippen LogP contribution in [0.4, 0.5) is 4.79 Å². The van der Waals surface area contributed by atoms with Crippen LogP contribution in [0.5, 0.6) is 0 Å². The molecule has 9 nitrogen and oxygen atoms in total. The van der Waals surface area contributed by atoms with Gasteiger partial charge in [0.25, 0.3) is 0 Å². The number of nitrogens with one attached hydrogen (secondary N) is 2. The van der Waals surface area contributed by atoms with Crippen molar-refractivity contribution in [2.24, 2.45) is 0 Å². The molecule has 1 fully saturated rings. The summed E-state index contributed by atoms with van der Waals surface area (Å²) in [6.07, 6.45) is 0. The van der Waals surface area contributed by atoms with E-state index in [1.54, 1.807) is 28.5 Å². The van der Waals surface area contributed by atoms with Crippen LogP contribution in [0.25, 0.3) is 0 Å². The Balaban J connectivity index is 1.66. The lowest BCUT2D eigenvalue weighted by Gasteiger charge is -2.13. The van der Waals surface area contributed by atoms with Gasteiger partial charge in [-0.25, -0.2) is 9.48 Å².